The van der Waals surface area contributed by atoms with Crippen molar-refractivity contribution in [2.24, 2.45) is 0 Å². The Labute approximate surface area is 135 Å². The lowest BCUT2D eigenvalue weighted by atomic mass is 10.2. The van der Waals surface area contributed by atoms with Crippen molar-refractivity contribution in [3.05, 3.63) is 66.7 Å². The molecule has 0 fully saturated rings. The molecule has 4 rings (SSSR count). The van der Waals surface area contributed by atoms with Crippen LogP contribution in [-0.4, -0.2) is 29.9 Å². The lowest BCUT2D eigenvalue weighted by Crippen LogP contribution is -2.06. The van der Waals surface area contributed by atoms with Gasteiger partial charge in [-0.3, -0.25) is 9.67 Å². The number of pyridine rings is 1. The van der Waals surface area contributed by atoms with E-state index < -0.39 is 5.82 Å². The van der Waals surface area contributed by atoms with Gasteiger partial charge in [0.15, 0.2) is 5.82 Å². The Balaban J connectivity index is 1.80. The summed E-state index contributed by atoms with van der Waals surface area (Å²) >= 11 is 0. The number of hydrogen-bond acceptors (Lipinski definition) is 6. The van der Waals surface area contributed by atoms with Crippen LogP contribution >= 0.6 is 0 Å². The largest absolute Gasteiger partial charge is 0.364 e. The molecule has 4 aromatic rings. The standard InChI is InChI=1S/C16H11FN6O/c17-12-9-18-6-2-11(12)10-23-15(13-3-7-24-22-13)8-14(21-23)16-19-4-1-5-20-16/h1-9H,10H2. The lowest BCUT2D eigenvalue weighted by molar-refractivity contribution is 0.421. The third kappa shape index (κ3) is 2.65. The number of hydrogen-bond donors (Lipinski definition) is 0. The Bertz CT molecular complexity index is 952. The van der Waals surface area contributed by atoms with E-state index in [0.29, 0.717) is 28.5 Å². The fourth-order valence-electron chi connectivity index (χ4n) is 2.32. The molecule has 0 atom stereocenters. The first-order chi connectivity index (χ1) is 11.8. The molecule has 0 aliphatic carbocycles. The van der Waals surface area contributed by atoms with Crippen LogP contribution in [0.25, 0.3) is 22.9 Å². The van der Waals surface area contributed by atoms with E-state index in [-0.39, 0.29) is 6.54 Å². The molecule has 8 heteroatoms. The summed E-state index contributed by atoms with van der Waals surface area (Å²) in [4.78, 5) is 12.1. The topological polar surface area (TPSA) is 82.5 Å². The molecule has 4 heterocycles. The van der Waals surface area contributed by atoms with Gasteiger partial charge in [-0.2, -0.15) is 5.10 Å². The van der Waals surface area contributed by atoms with Gasteiger partial charge in [-0.1, -0.05) is 5.16 Å². The highest BCUT2D eigenvalue weighted by Gasteiger charge is 2.16. The Morgan fingerprint density at radius 3 is 2.71 bits per heavy atom. The molecular formula is C16H11FN6O. The van der Waals surface area contributed by atoms with Crippen molar-refractivity contribution in [3.63, 3.8) is 0 Å². The highest BCUT2D eigenvalue weighted by atomic mass is 19.1. The summed E-state index contributed by atoms with van der Waals surface area (Å²) in [6.07, 6.45) is 7.46. The number of rotatable bonds is 4. The molecule has 7 nitrogen and oxygen atoms in total. The average Bonchev–Trinajstić information content (AvgIpc) is 3.27. The molecule has 118 valence electrons. The van der Waals surface area contributed by atoms with Crippen LogP contribution in [0.1, 0.15) is 5.56 Å². The third-order valence-electron chi connectivity index (χ3n) is 3.45. The second-order valence-corrected chi connectivity index (χ2v) is 5.00. The smallest absolute Gasteiger partial charge is 0.180 e. The molecular weight excluding hydrogens is 311 g/mol. The van der Waals surface area contributed by atoms with E-state index in [0.717, 1.165) is 0 Å². The van der Waals surface area contributed by atoms with Crippen LogP contribution in [0.2, 0.25) is 0 Å². The molecule has 0 N–H and O–H groups in total. The van der Waals surface area contributed by atoms with Gasteiger partial charge in [0.25, 0.3) is 0 Å². The van der Waals surface area contributed by atoms with Gasteiger partial charge < -0.3 is 4.52 Å². The van der Waals surface area contributed by atoms with Crippen LogP contribution in [-0.2, 0) is 6.54 Å². The SMILES string of the molecule is Fc1cnccc1Cn1nc(-c2ncccn2)cc1-c1ccon1. The zero-order chi connectivity index (χ0) is 16.4. The summed E-state index contributed by atoms with van der Waals surface area (Å²) in [7, 11) is 0. The normalized spacial score (nSPS) is 10.9. The molecule has 0 saturated carbocycles. The van der Waals surface area contributed by atoms with Crippen LogP contribution in [0, 0.1) is 5.82 Å². The Hall–Kier alpha value is -3.42. The molecule has 0 aromatic carbocycles. The highest BCUT2D eigenvalue weighted by molar-refractivity contribution is 5.62. The van der Waals surface area contributed by atoms with E-state index in [1.165, 1.54) is 12.5 Å². The molecule has 4 aromatic heterocycles. The lowest BCUT2D eigenvalue weighted by Gasteiger charge is -2.06. The van der Waals surface area contributed by atoms with E-state index >= 15 is 0 Å². The number of nitrogens with zero attached hydrogens (tertiary/aromatic N) is 6. The van der Waals surface area contributed by atoms with Gasteiger partial charge in [-0.05, 0) is 18.2 Å². The summed E-state index contributed by atoms with van der Waals surface area (Å²) in [5.74, 6) is 0.0906. The molecule has 0 aliphatic heterocycles. The summed E-state index contributed by atoms with van der Waals surface area (Å²) in [5, 5.41) is 8.43. The Morgan fingerprint density at radius 2 is 1.96 bits per heavy atom. The summed E-state index contributed by atoms with van der Waals surface area (Å²) in [5.41, 5.74) is 2.32. The molecule has 0 spiro atoms. The molecule has 24 heavy (non-hydrogen) atoms. The van der Waals surface area contributed by atoms with Gasteiger partial charge in [0.2, 0.25) is 0 Å². The minimum Gasteiger partial charge on any atom is -0.364 e. The predicted molar refractivity (Wildman–Crippen MR) is 82.0 cm³/mol. The maximum Gasteiger partial charge on any atom is 0.180 e. The monoisotopic (exact) mass is 322 g/mol. The van der Waals surface area contributed by atoms with Crippen molar-refractivity contribution < 1.29 is 8.91 Å². The Morgan fingerprint density at radius 1 is 1.08 bits per heavy atom. The van der Waals surface area contributed by atoms with E-state index in [2.05, 4.69) is 25.2 Å². The zero-order valence-electron chi connectivity index (χ0n) is 12.4. The molecule has 0 saturated heterocycles. The van der Waals surface area contributed by atoms with Crippen LogP contribution in [0.4, 0.5) is 4.39 Å². The number of halogens is 1. The first-order valence-electron chi connectivity index (χ1n) is 7.15. The van der Waals surface area contributed by atoms with Crippen molar-refractivity contribution in [2.75, 3.05) is 0 Å². The molecule has 0 amide bonds. The van der Waals surface area contributed by atoms with Gasteiger partial charge in [-0.15, -0.1) is 0 Å². The maximum atomic E-state index is 13.9. The minimum absolute atomic E-state index is 0.226. The first-order valence-corrected chi connectivity index (χ1v) is 7.15. The highest BCUT2D eigenvalue weighted by Crippen LogP contribution is 2.24. The second-order valence-electron chi connectivity index (χ2n) is 5.00. The van der Waals surface area contributed by atoms with Gasteiger partial charge in [0.05, 0.1) is 18.4 Å². The summed E-state index contributed by atoms with van der Waals surface area (Å²) in [6.45, 7) is 0.226. The first kappa shape index (κ1) is 14.2. The number of aromatic nitrogens is 6. The maximum absolute atomic E-state index is 13.9. The fourth-order valence-corrected chi connectivity index (χ4v) is 2.32. The van der Waals surface area contributed by atoms with E-state index in [1.54, 1.807) is 47.5 Å². The fraction of sp³-hybridized carbons (Fsp3) is 0.0625. The van der Waals surface area contributed by atoms with Crippen molar-refractivity contribution in [3.8, 4) is 22.9 Å². The Kier molecular flexibility index (Phi) is 3.54. The van der Waals surface area contributed by atoms with Crippen LogP contribution in [0.15, 0.2) is 59.8 Å². The van der Waals surface area contributed by atoms with Crippen molar-refractivity contribution >= 4 is 0 Å². The van der Waals surface area contributed by atoms with Gasteiger partial charge in [0.1, 0.15) is 23.5 Å². The van der Waals surface area contributed by atoms with Crippen LogP contribution in [0.3, 0.4) is 0 Å². The van der Waals surface area contributed by atoms with E-state index in [9.17, 15) is 4.39 Å². The van der Waals surface area contributed by atoms with Crippen molar-refractivity contribution in [2.45, 2.75) is 6.54 Å². The molecule has 0 bridgehead atoms. The average molecular weight is 322 g/mol. The summed E-state index contributed by atoms with van der Waals surface area (Å²) < 4.78 is 20.5. The van der Waals surface area contributed by atoms with Gasteiger partial charge in [0, 0.05) is 30.2 Å². The van der Waals surface area contributed by atoms with Crippen LogP contribution in [0.5, 0.6) is 0 Å². The van der Waals surface area contributed by atoms with Crippen molar-refractivity contribution in [1.82, 2.24) is 29.9 Å². The predicted octanol–water partition coefficient (Wildman–Crippen LogP) is 2.58. The van der Waals surface area contributed by atoms with Crippen LogP contribution < -0.4 is 0 Å². The second kappa shape index (κ2) is 5.99. The van der Waals surface area contributed by atoms with Crippen molar-refractivity contribution in [1.29, 1.82) is 0 Å². The third-order valence-corrected chi connectivity index (χ3v) is 3.45. The molecule has 0 unspecified atom stereocenters. The minimum atomic E-state index is -0.392. The summed E-state index contributed by atoms with van der Waals surface area (Å²) in [6, 6.07) is 6.85. The van der Waals surface area contributed by atoms with E-state index in [4.69, 9.17) is 4.52 Å². The molecule has 0 aliphatic rings. The zero-order valence-corrected chi connectivity index (χ0v) is 12.4. The quantitative estimate of drug-likeness (QED) is 0.574. The van der Waals surface area contributed by atoms with E-state index in [1.807, 2.05) is 0 Å². The van der Waals surface area contributed by atoms with Gasteiger partial charge >= 0.3 is 0 Å². The van der Waals surface area contributed by atoms with Gasteiger partial charge in [-0.25, -0.2) is 14.4 Å². The molecule has 0 radical (unpaired) electrons.